The van der Waals surface area contributed by atoms with E-state index in [1.54, 1.807) is 0 Å². The van der Waals surface area contributed by atoms with Gasteiger partial charge in [-0.05, 0) is 18.6 Å². The van der Waals surface area contributed by atoms with Crippen molar-refractivity contribution < 1.29 is 14.3 Å². The maximum atomic E-state index is 11.0. The first kappa shape index (κ1) is 12.5. The summed E-state index contributed by atoms with van der Waals surface area (Å²) in [4.78, 5) is 11.0. The first-order chi connectivity index (χ1) is 7.65. The van der Waals surface area contributed by atoms with Crippen LogP contribution in [0, 0.1) is 6.92 Å². The number of nitrogens with two attached hydrogens (primary N) is 1. The standard InChI is InChI=1S/C12H17NO3/c1-9-5-3-4-6-11(9)16-8-7-10(13)12(14)15-2/h3-6,10H,7-8,13H2,1-2H3. The summed E-state index contributed by atoms with van der Waals surface area (Å²) in [5, 5.41) is 0. The molecule has 0 spiro atoms. The van der Waals surface area contributed by atoms with Crippen LogP contribution in [0.15, 0.2) is 24.3 Å². The molecule has 0 aliphatic rings. The molecule has 16 heavy (non-hydrogen) atoms. The zero-order valence-corrected chi connectivity index (χ0v) is 9.60. The number of carbonyl (C=O) groups excluding carboxylic acids is 1. The summed E-state index contributed by atoms with van der Waals surface area (Å²) in [6, 6.07) is 7.09. The minimum Gasteiger partial charge on any atom is -0.493 e. The molecule has 0 aromatic heterocycles. The lowest BCUT2D eigenvalue weighted by Crippen LogP contribution is -2.33. The zero-order valence-electron chi connectivity index (χ0n) is 9.60. The van der Waals surface area contributed by atoms with E-state index in [0.29, 0.717) is 13.0 Å². The molecule has 0 saturated heterocycles. The van der Waals surface area contributed by atoms with Gasteiger partial charge in [0.2, 0.25) is 0 Å². The van der Waals surface area contributed by atoms with E-state index in [1.165, 1.54) is 7.11 Å². The molecule has 4 nitrogen and oxygen atoms in total. The Labute approximate surface area is 95.3 Å². The summed E-state index contributed by atoms with van der Waals surface area (Å²) in [6.45, 7) is 2.37. The molecular formula is C12H17NO3. The lowest BCUT2D eigenvalue weighted by atomic mass is 10.2. The molecule has 88 valence electrons. The van der Waals surface area contributed by atoms with E-state index in [1.807, 2.05) is 31.2 Å². The number of rotatable bonds is 5. The van der Waals surface area contributed by atoms with E-state index < -0.39 is 12.0 Å². The van der Waals surface area contributed by atoms with Crippen LogP contribution < -0.4 is 10.5 Å². The van der Waals surface area contributed by atoms with Gasteiger partial charge in [-0.3, -0.25) is 4.79 Å². The smallest absolute Gasteiger partial charge is 0.322 e. The number of para-hydroxylation sites is 1. The highest BCUT2D eigenvalue weighted by atomic mass is 16.5. The molecule has 0 aliphatic heterocycles. The molecule has 0 saturated carbocycles. The molecule has 0 amide bonds. The van der Waals surface area contributed by atoms with Crippen LogP contribution in [0.1, 0.15) is 12.0 Å². The van der Waals surface area contributed by atoms with Crippen LogP contribution in [-0.2, 0) is 9.53 Å². The van der Waals surface area contributed by atoms with Crippen molar-refractivity contribution in [3.8, 4) is 5.75 Å². The van der Waals surface area contributed by atoms with Crippen LogP contribution in [0.25, 0.3) is 0 Å². The summed E-state index contributed by atoms with van der Waals surface area (Å²) in [5.41, 5.74) is 6.64. The number of benzene rings is 1. The predicted octanol–water partition coefficient (Wildman–Crippen LogP) is 1.26. The van der Waals surface area contributed by atoms with Crippen molar-refractivity contribution in [1.82, 2.24) is 0 Å². The molecule has 0 radical (unpaired) electrons. The average molecular weight is 223 g/mol. The average Bonchev–Trinajstić information content (AvgIpc) is 2.30. The maximum Gasteiger partial charge on any atom is 0.322 e. The van der Waals surface area contributed by atoms with Gasteiger partial charge in [0.15, 0.2) is 0 Å². The van der Waals surface area contributed by atoms with E-state index >= 15 is 0 Å². The molecule has 1 aromatic carbocycles. The van der Waals surface area contributed by atoms with E-state index in [0.717, 1.165) is 11.3 Å². The summed E-state index contributed by atoms with van der Waals surface area (Å²) >= 11 is 0. The van der Waals surface area contributed by atoms with Gasteiger partial charge >= 0.3 is 5.97 Å². The fourth-order valence-electron chi connectivity index (χ4n) is 1.28. The second-order valence-electron chi connectivity index (χ2n) is 3.53. The largest absolute Gasteiger partial charge is 0.493 e. The predicted molar refractivity (Wildman–Crippen MR) is 61.3 cm³/mol. The third-order valence-corrected chi connectivity index (χ3v) is 2.28. The Morgan fingerprint density at radius 2 is 2.12 bits per heavy atom. The molecule has 1 unspecified atom stereocenters. The number of esters is 1. The van der Waals surface area contributed by atoms with Crippen molar-refractivity contribution in [3.63, 3.8) is 0 Å². The lowest BCUT2D eigenvalue weighted by Gasteiger charge is -2.11. The third kappa shape index (κ3) is 3.55. The first-order valence-corrected chi connectivity index (χ1v) is 5.17. The summed E-state index contributed by atoms with van der Waals surface area (Å²) in [6.07, 6.45) is 0.445. The van der Waals surface area contributed by atoms with Gasteiger partial charge in [-0.25, -0.2) is 0 Å². The quantitative estimate of drug-likeness (QED) is 0.763. The van der Waals surface area contributed by atoms with Gasteiger partial charge in [0.05, 0.1) is 13.7 Å². The van der Waals surface area contributed by atoms with Crippen LogP contribution in [0.5, 0.6) is 5.75 Å². The minimum atomic E-state index is -0.617. The number of hydrogen-bond acceptors (Lipinski definition) is 4. The van der Waals surface area contributed by atoms with Crippen molar-refractivity contribution in [2.24, 2.45) is 5.73 Å². The first-order valence-electron chi connectivity index (χ1n) is 5.17. The fourth-order valence-corrected chi connectivity index (χ4v) is 1.28. The molecule has 2 N–H and O–H groups in total. The molecule has 4 heteroatoms. The Kier molecular flexibility index (Phi) is 4.79. The number of aryl methyl sites for hydroxylation is 1. The Morgan fingerprint density at radius 1 is 1.44 bits per heavy atom. The molecule has 1 aromatic rings. The highest BCUT2D eigenvalue weighted by Crippen LogP contribution is 2.16. The van der Waals surface area contributed by atoms with Crippen LogP contribution in [0.4, 0.5) is 0 Å². The highest BCUT2D eigenvalue weighted by Gasteiger charge is 2.13. The second-order valence-corrected chi connectivity index (χ2v) is 3.53. The van der Waals surface area contributed by atoms with Crippen LogP contribution in [0.3, 0.4) is 0 Å². The summed E-state index contributed by atoms with van der Waals surface area (Å²) < 4.78 is 10.0. The fraction of sp³-hybridized carbons (Fsp3) is 0.417. The van der Waals surface area contributed by atoms with Gasteiger partial charge in [0, 0.05) is 6.42 Å². The van der Waals surface area contributed by atoms with Crippen LogP contribution in [0.2, 0.25) is 0 Å². The molecule has 0 fully saturated rings. The van der Waals surface area contributed by atoms with Crippen LogP contribution in [-0.4, -0.2) is 25.7 Å². The Morgan fingerprint density at radius 3 is 2.75 bits per heavy atom. The summed E-state index contributed by atoms with van der Waals surface area (Å²) in [7, 11) is 1.32. The Balaban J connectivity index is 2.36. The van der Waals surface area contributed by atoms with Gasteiger partial charge in [-0.1, -0.05) is 18.2 Å². The Hall–Kier alpha value is -1.55. The zero-order chi connectivity index (χ0) is 12.0. The molecule has 0 aliphatic carbocycles. The molecule has 0 heterocycles. The normalized spacial score (nSPS) is 11.9. The van der Waals surface area contributed by atoms with Crippen molar-refractivity contribution in [1.29, 1.82) is 0 Å². The topological polar surface area (TPSA) is 61.5 Å². The van der Waals surface area contributed by atoms with E-state index in [2.05, 4.69) is 4.74 Å². The number of hydrogen-bond donors (Lipinski definition) is 1. The molecule has 1 rings (SSSR count). The van der Waals surface area contributed by atoms with E-state index in [4.69, 9.17) is 10.5 Å². The van der Waals surface area contributed by atoms with Gasteiger partial charge < -0.3 is 15.2 Å². The van der Waals surface area contributed by atoms with Crippen molar-refractivity contribution in [2.45, 2.75) is 19.4 Å². The number of carbonyl (C=O) groups is 1. The SMILES string of the molecule is COC(=O)C(N)CCOc1ccccc1C. The van der Waals surface area contributed by atoms with Crippen molar-refractivity contribution in [2.75, 3.05) is 13.7 Å². The molecular weight excluding hydrogens is 206 g/mol. The molecule has 1 atom stereocenters. The van der Waals surface area contributed by atoms with E-state index in [9.17, 15) is 4.79 Å². The third-order valence-electron chi connectivity index (χ3n) is 2.28. The maximum absolute atomic E-state index is 11.0. The van der Waals surface area contributed by atoms with Gasteiger partial charge in [0.25, 0.3) is 0 Å². The Bertz CT molecular complexity index is 352. The highest BCUT2D eigenvalue weighted by molar-refractivity contribution is 5.75. The number of ether oxygens (including phenoxy) is 2. The van der Waals surface area contributed by atoms with Crippen molar-refractivity contribution in [3.05, 3.63) is 29.8 Å². The minimum absolute atomic E-state index is 0.404. The van der Waals surface area contributed by atoms with Crippen molar-refractivity contribution >= 4 is 5.97 Å². The lowest BCUT2D eigenvalue weighted by molar-refractivity contribution is -0.142. The van der Waals surface area contributed by atoms with E-state index in [-0.39, 0.29) is 0 Å². The molecule has 0 bridgehead atoms. The number of methoxy groups -OCH3 is 1. The monoisotopic (exact) mass is 223 g/mol. The van der Waals surface area contributed by atoms with Gasteiger partial charge in [-0.15, -0.1) is 0 Å². The second kappa shape index (κ2) is 6.12. The van der Waals surface area contributed by atoms with Gasteiger partial charge in [-0.2, -0.15) is 0 Å². The van der Waals surface area contributed by atoms with Gasteiger partial charge in [0.1, 0.15) is 11.8 Å². The summed E-state index contributed by atoms with van der Waals surface area (Å²) in [5.74, 6) is 0.410. The van der Waals surface area contributed by atoms with Crippen LogP contribution >= 0.6 is 0 Å².